The van der Waals surface area contributed by atoms with Crippen LogP contribution in [0.15, 0.2) is 0 Å². The Labute approximate surface area is 92.8 Å². The van der Waals surface area contributed by atoms with Gasteiger partial charge in [0.05, 0.1) is 5.60 Å². The van der Waals surface area contributed by atoms with Gasteiger partial charge in [0.15, 0.2) is 0 Å². The van der Waals surface area contributed by atoms with Crippen molar-refractivity contribution in [1.82, 2.24) is 10.2 Å². The first-order valence-electron chi connectivity index (χ1n) is 6.41. The van der Waals surface area contributed by atoms with E-state index in [2.05, 4.69) is 17.1 Å². The molecule has 0 aromatic rings. The number of nitrogens with one attached hydrogen (secondary N) is 1. The van der Waals surface area contributed by atoms with Gasteiger partial charge in [-0.05, 0) is 25.8 Å². The fraction of sp³-hybridized carbons (Fsp3) is 1.00. The molecule has 2 rings (SSSR count). The summed E-state index contributed by atoms with van der Waals surface area (Å²) in [5, 5.41) is 13.7. The highest BCUT2D eigenvalue weighted by Gasteiger charge is 2.35. The normalized spacial score (nSPS) is 25.8. The van der Waals surface area contributed by atoms with E-state index in [0.717, 1.165) is 39.0 Å². The Hall–Kier alpha value is -0.120. The fourth-order valence-corrected chi connectivity index (χ4v) is 2.78. The minimum Gasteiger partial charge on any atom is -0.389 e. The van der Waals surface area contributed by atoms with Gasteiger partial charge in [-0.1, -0.05) is 19.8 Å². The summed E-state index contributed by atoms with van der Waals surface area (Å²) < 4.78 is 0. The van der Waals surface area contributed by atoms with Crippen molar-refractivity contribution >= 4 is 0 Å². The summed E-state index contributed by atoms with van der Waals surface area (Å²) in [5.74, 6) is 0. The molecule has 0 amide bonds. The van der Waals surface area contributed by atoms with Crippen LogP contribution >= 0.6 is 0 Å². The van der Waals surface area contributed by atoms with Gasteiger partial charge in [-0.2, -0.15) is 0 Å². The van der Waals surface area contributed by atoms with Crippen LogP contribution in [0.4, 0.5) is 0 Å². The van der Waals surface area contributed by atoms with Gasteiger partial charge in [-0.3, -0.25) is 4.90 Å². The van der Waals surface area contributed by atoms with Crippen molar-refractivity contribution in [3.63, 3.8) is 0 Å². The van der Waals surface area contributed by atoms with Crippen LogP contribution < -0.4 is 5.32 Å². The molecule has 0 aromatic heterocycles. The van der Waals surface area contributed by atoms with Crippen molar-refractivity contribution in [3.8, 4) is 0 Å². The molecule has 0 radical (unpaired) electrons. The lowest BCUT2D eigenvalue weighted by molar-refractivity contribution is -0.0111. The molecule has 3 heteroatoms. The molecule has 0 atom stereocenters. The monoisotopic (exact) mass is 212 g/mol. The van der Waals surface area contributed by atoms with E-state index >= 15 is 0 Å². The van der Waals surface area contributed by atoms with Crippen molar-refractivity contribution in [2.75, 3.05) is 26.2 Å². The standard InChI is InChI=1S/C12H24N2O/c1-2-7-14(11-8-13-9-11)10-12(15)5-3-4-6-12/h11,13,15H,2-10H2,1H3. The average Bonchev–Trinajstić information content (AvgIpc) is 2.49. The Kier molecular flexibility index (Phi) is 3.65. The lowest BCUT2D eigenvalue weighted by Gasteiger charge is -2.41. The highest BCUT2D eigenvalue weighted by Crippen LogP contribution is 2.30. The maximum absolute atomic E-state index is 10.4. The predicted octanol–water partition coefficient (Wildman–Crippen LogP) is 0.975. The molecule has 0 bridgehead atoms. The zero-order valence-corrected chi connectivity index (χ0v) is 9.84. The van der Waals surface area contributed by atoms with E-state index in [4.69, 9.17) is 0 Å². The van der Waals surface area contributed by atoms with Gasteiger partial charge < -0.3 is 10.4 Å². The SMILES string of the molecule is CCCN(CC1(O)CCCC1)C1CNC1. The molecular formula is C12H24N2O. The van der Waals surface area contributed by atoms with Gasteiger partial charge in [-0.25, -0.2) is 0 Å². The molecule has 0 unspecified atom stereocenters. The van der Waals surface area contributed by atoms with E-state index in [1.807, 2.05) is 0 Å². The predicted molar refractivity (Wildman–Crippen MR) is 61.9 cm³/mol. The number of hydrogen-bond donors (Lipinski definition) is 2. The van der Waals surface area contributed by atoms with Gasteiger partial charge in [0, 0.05) is 25.7 Å². The molecule has 1 aliphatic heterocycles. The Morgan fingerprint density at radius 3 is 2.47 bits per heavy atom. The molecule has 1 saturated carbocycles. The van der Waals surface area contributed by atoms with Gasteiger partial charge in [-0.15, -0.1) is 0 Å². The number of rotatable bonds is 5. The van der Waals surface area contributed by atoms with Crippen molar-refractivity contribution in [1.29, 1.82) is 0 Å². The lowest BCUT2D eigenvalue weighted by Crippen LogP contribution is -2.60. The highest BCUT2D eigenvalue weighted by molar-refractivity contribution is 4.92. The molecule has 0 spiro atoms. The van der Waals surface area contributed by atoms with Gasteiger partial charge in [0.1, 0.15) is 0 Å². The molecule has 2 N–H and O–H groups in total. The summed E-state index contributed by atoms with van der Waals surface area (Å²) in [4.78, 5) is 2.49. The Bertz CT molecular complexity index is 198. The molecule has 2 aliphatic rings. The molecule has 3 nitrogen and oxygen atoms in total. The van der Waals surface area contributed by atoms with Crippen LogP contribution in [0.25, 0.3) is 0 Å². The Balaban J connectivity index is 1.86. The van der Waals surface area contributed by atoms with E-state index in [-0.39, 0.29) is 5.60 Å². The fourth-order valence-electron chi connectivity index (χ4n) is 2.78. The van der Waals surface area contributed by atoms with Crippen molar-refractivity contribution < 1.29 is 5.11 Å². The minimum atomic E-state index is -0.370. The van der Waals surface area contributed by atoms with Crippen LogP contribution in [-0.2, 0) is 0 Å². The summed E-state index contributed by atoms with van der Waals surface area (Å²) in [6, 6.07) is 0.676. The summed E-state index contributed by atoms with van der Waals surface area (Å²) in [6.45, 7) is 6.46. The zero-order valence-electron chi connectivity index (χ0n) is 9.84. The van der Waals surface area contributed by atoms with Gasteiger partial charge in [0.25, 0.3) is 0 Å². The topological polar surface area (TPSA) is 35.5 Å². The molecular weight excluding hydrogens is 188 g/mol. The first kappa shape index (κ1) is 11.4. The number of nitrogens with zero attached hydrogens (tertiary/aromatic N) is 1. The maximum Gasteiger partial charge on any atom is 0.0774 e. The van der Waals surface area contributed by atoms with Crippen molar-refractivity contribution in [2.45, 2.75) is 50.7 Å². The molecule has 15 heavy (non-hydrogen) atoms. The van der Waals surface area contributed by atoms with E-state index in [0.29, 0.717) is 6.04 Å². The van der Waals surface area contributed by atoms with Gasteiger partial charge >= 0.3 is 0 Å². The minimum absolute atomic E-state index is 0.370. The van der Waals surface area contributed by atoms with Crippen LogP contribution in [0.1, 0.15) is 39.0 Å². The van der Waals surface area contributed by atoms with E-state index in [9.17, 15) is 5.11 Å². The Morgan fingerprint density at radius 2 is 2.00 bits per heavy atom. The van der Waals surface area contributed by atoms with Crippen molar-refractivity contribution in [2.24, 2.45) is 0 Å². The van der Waals surface area contributed by atoms with Crippen LogP contribution in [0.3, 0.4) is 0 Å². The zero-order chi connectivity index (χ0) is 10.7. The molecule has 1 aliphatic carbocycles. The third-order valence-electron chi connectivity index (χ3n) is 3.82. The molecule has 88 valence electrons. The van der Waals surface area contributed by atoms with E-state index in [1.165, 1.54) is 19.3 Å². The second-order valence-corrected chi connectivity index (χ2v) is 5.21. The molecule has 1 heterocycles. The number of aliphatic hydroxyl groups is 1. The van der Waals surface area contributed by atoms with Crippen LogP contribution in [0.5, 0.6) is 0 Å². The quantitative estimate of drug-likeness (QED) is 0.713. The first-order valence-corrected chi connectivity index (χ1v) is 6.41. The largest absolute Gasteiger partial charge is 0.389 e. The average molecular weight is 212 g/mol. The van der Waals surface area contributed by atoms with Crippen LogP contribution in [0.2, 0.25) is 0 Å². The molecule has 2 fully saturated rings. The third kappa shape index (κ3) is 2.71. The third-order valence-corrected chi connectivity index (χ3v) is 3.82. The smallest absolute Gasteiger partial charge is 0.0774 e. The van der Waals surface area contributed by atoms with Crippen LogP contribution in [-0.4, -0.2) is 47.8 Å². The summed E-state index contributed by atoms with van der Waals surface area (Å²) in [7, 11) is 0. The highest BCUT2D eigenvalue weighted by atomic mass is 16.3. The van der Waals surface area contributed by atoms with Gasteiger partial charge in [0.2, 0.25) is 0 Å². The van der Waals surface area contributed by atoms with E-state index < -0.39 is 0 Å². The summed E-state index contributed by atoms with van der Waals surface area (Å²) in [5.41, 5.74) is -0.370. The Morgan fingerprint density at radius 1 is 1.33 bits per heavy atom. The molecule has 0 aromatic carbocycles. The van der Waals surface area contributed by atoms with Crippen LogP contribution in [0, 0.1) is 0 Å². The van der Waals surface area contributed by atoms with E-state index in [1.54, 1.807) is 0 Å². The summed E-state index contributed by atoms with van der Waals surface area (Å²) in [6.07, 6.45) is 5.62. The summed E-state index contributed by atoms with van der Waals surface area (Å²) >= 11 is 0. The van der Waals surface area contributed by atoms with Crippen molar-refractivity contribution in [3.05, 3.63) is 0 Å². The molecule has 1 saturated heterocycles. The second-order valence-electron chi connectivity index (χ2n) is 5.21. The maximum atomic E-state index is 10.4. The second kappa shape index (κ2) is 4.81. The number of hydrogen-bond acceptors (Lipinski definition) is 3. The lowest BCUT2D eigenvalue weighted by atomic mass is 9.99. The first-order chi connectivity index (χ1) is 7.23.